The van der Waals surface area contributed by atoms with Gasteiger partial charge in [-0.15, -0.1) is 13.2 Å². The van der Waals surface area contributed by atoms with Crippen LogP contribution < -0.4 is 14.8 Å². The second-order valence-electron chi connectivity index (χ2n) is 7.16. The minimum atomic E-state index is -5.04. The van der Waals surface area contributed by atoms with Gasteiger partial charge in [0.25, 0.3) is 5.91 Å². The van der Waals surface area contributed by atoms with E-state index in [2.05, 4.69) is 31.0 Å². The number of alkyl halides is 3. The number of fused-ring (bicyclic) bond motifs is 1. The molecule has 2 aromatic heterocycles. The summed E-state index contributed by atoms with van der Waals surface area (Å²) in [5.74, 6) is -2.29. The van der Waals surface area contributed by atoms with Crippen LogP contribution in [0.3, 0.4) is 0 Å². The SMILES string of the molecule is Cn1cc(Br)cc1C(=O)N[C@]1(c2ccc(OC(F)(F)F)c(F)c2)CCOc2cccnc21. The lowest BCUT2D eigenvalue weighted by atomic mass is 9.81. The van der Waals surface area contributed by atoms with Gasteiger partial charge in [-0.05, 0) is 51.8 Å². The molecule has 1 N–H and O–H groups in total. The molecular weight excluding hydrogens is 498 g/mol. The molecule has 0 radical (unpaired) electrons. The summed E-state index contributed by atoms with van der Waals surface area (Å²) in [6, 6.07) is 7.97. The Morgan fingerprint density at radius 2 is 2.09 bits per heavy atom. The highest BCUT2D eigenvalue weighted by molar-refractivity contribution is 9.10. The number of halogens is 5. The van der Waals surface area contributed by atoms with E-state index in [1.54, 1.807) is 36.0 Å². The van der Waals surface area contributed by atoms with E-state index in [4.69, 9.17) is 4.74 Å². The lowest BCUT2D eigenvalue weighted by Gasteiger charge is -2.39. The van der Waals surface area contributed by atoms with E-state index >= 15 is 0 Å². The van der Waals surface area contributed by atoms with Crippen molar-refractivity contribution in [1.82, 2.24) is 14.9 Å². The van der Waals surface area contributed by atoms with Gasteiger partial charge >= 0.3 is 6.36 Å². The Bertz CT molecular complexity index is 1180. The lowest BCUT2D eigenvalue weighted by molar-refractivity contribution is -0.275. The van der Waals surface area contributed by atoms with Gasteiger partial charge in [0.05, 0.1) is 6.61 Å². The predicted octanol–water partition coefficient (Wildman–Crippen LogP) is 4.68. The van der Waals surface area contributed by atoms with Crippen molar-refractivity contribution in [3.63, 3.8) is 0 Å². The second kappa shape index (κ2) is 8.12. The van der Waals surface area contributed by atoms with Crippen LogP contribution in [0.15, 0.2) is 53.3 Å². The summed E-state index contributed by atoms with van der Waals surface area (Å²) in [6.45, 7) is 0.165. The van der Waals surface area contributed by atoms with Crippen molar-refractivity contribution in [2.45, 2.75) is 18.3 Å². The number of carbonyl (C=O) groups excluding carboxylic acids is 1. The summed E-state index contributed by atoms with van der Waals surface area (Å²) >= 11 is 3.31. The highest BCUT2D eigenvalue weighted by atomic mass is 79.9. The maximum Gasteiger partial charge on any atom is 0.573 e. The maximum absolute atomic E-state index is 14.6. The van der Waals surface area contributed by atoms with E-state index in [1.807, 2.05) is 0 Å². The van der Waals surface area contributed by atoms with Gasteiger partial charge in [-0.1, -0.05) is 6.07 Å². The van der Waals surface area contributed by atoms with Gasteiger partial charge in [-0.25, -0.2) is 4.39 Å². The molecule has 3 heterocycles. The fourth-order valence-corrected chi connectivity index (χ4v) is 4.24. The van der Waals surface area contributed by atoms with Crippen molar-refractivity contribution in [2.24, 2.45) is 7.05 Å². The van der Waals surface area contributed by atoms with Crippen LogP contribution >= 0.6 is 15.9 Å². The molecule has 0 spiro atoms. The topological polar surface area (TPSA) is 65.4 Å². The monoisotopic (exact) mass is 513 g/mol. The van der Waals surface area contributed by atoms with Crippen molar-refractivity contribution < 1.29 is 31.8 Å². The molecule has 0 saturated heterocycles. The Morgan fingerprint density at radius 1 is 1.31 bits per heavy atom. The largest absolute Gasteiger partial charge is 0.573 e. The van der Waals surface area contributed by atoms with Crippen molar-refractivity contribution in [1.29, 1.82) is 0 Å². The Kier molecular flexibility index (Phi) is 5.61. The number of nitrogens with zero attached hydrogens (tertiary/aromatic N) is 2. The molecular formula is C21H16BrF4N3O3. The Morgan fingerprint density at radius 3 is 2.75 bits per heavy atom. The molecule has 1 aromatic carbocycles. The zero-order chi connectivity index (χ0) is 23.1. The number of amides is 1. The van der Waals surface area contributed by atoms with Gasteiger partial charge in [0.15, 0.2) is 11.6 Å². The van der Waals surface area contributed by atoms with E-state index < -0.39 is 29.4 Å². The van der Waals surface area contributed by atoms with E-state index in [0.29, 0.717) is 21.6 Å². The Balaban J connectivity index is 1.82. The molecule has 1 aliphatic rings. The molecule has 4 rings (SSSR count). The van der Waals surface area contributed by atoms with Gasteiger partial charge in [-0.2, -0.15) is 0 Å². The number of hydrogen-bond acceptors (Lipinski definition) is 4. The van der Waals surface area contributed by atoms with Gasteiger partial charge in [-0.3, -0.25) is 9.78 Å². The highest BCUT2D eigenvalue weighted by Gasteiger charge is 2.43. The Labute approximate surface area is 188 Å². The van der Waals surface area contributed by atoms with Crippen molar-refractivity contribution >= 4 is 21.8 Å². The van der Waals surface area contributed by atoms with E-state index in [0.717, 1.165) is 12.1 Å². The number of hydrogen-bond donors (Lipinski definition) is 1. The first kappa shape index (κ1) is 22.1. The average molecular weight is 514 g/mol. The van der Waals surface area contributed by atoms with Crippen LogP contribution in [-0.4, -0.2) is 28.4 Å². The third-order valence-electron chi connectivity index (χ3n) is 5.09. The fourth-order valence-electron chi connectivity index (χ4n) is 3.72. The minimum Gasteiger partial charge on any atom is -0.491 e. The first-order valence-electron chi connectivity index (χ1n) is 9.37. The van der Waals surface area contributed by atoms with Crippen LogP contribution in [0.5, 0.6) is 11.5 Å². The van der Waals surface area contributed by atoms with Gasteiger partial charge < -0.3 is 19.4 Å². The molecule has 0 saturated carbocycles. The van der Waals surface area contributed by atoms with Crippen LogP contribution in [0.2, 0.25) is 0 Å². The number of ether oxygens (including phenoxy) is 2. The average Bonchev–Trinajstić information content (AvgIpc) is 3.07. The summed E-state index contributed by atoms with van der Waals surface area (Å²) in [5.41, 5.74) is -0.510. The highest BCUT2D eigenvalue weighted by Crippen LogP contribution is 2.42. The van der Waals surface area contributed by atoms with Crippen LogP contribution in [0.25, 0.3) is 0 Å². The molecule has 1 aliphatic heterocycles. The van der Waals surface area contributed by atoms with E-state index in [9.17, 15) is 22.4 Å². The third kappa shape index (κ3) is 4.16. The van der Waals surface area contributed by atoms with Gasteiger partial charge in [0, 0.05) is 30.3 Å². The number of aryl methyl sites for hydroxylation is 1. The molecule has 0 unspecified atom stereocenters. The van der Waals surface area contributed by atoms with Crippen molar-refractivity contribution in [3.05, 3.63) is 76.0 Å². The second-order valence-corrected chi connectivity index (χ2v) is 8.07. The van der Waals surface area contributed by atoms with Crippen LogP contribution in [-0.2, 0) is 12.6 Å². The summed E-state index contributed by atoms with van der Waals surface area (Å²) < 4.78 is 64.0. The third-order valence-corrected chi connectivity index (χ3v) is 5.52. The minimum absolute atomic E-state index is 0.165. The van der Waals surface area contributed by atoms with Gasteiger partial charge in [0.2, 0.25) is 0 Å². The van der Waals surface area contributed by atoms with Crippen molar-refractivity contribution in [3.8, 4) is 11.5 Å². The van der Waals surface area contributed by atoms with E-state index in [1.165, 1.54) is 12.3 Å². The summed E-state index contributed by atoms with van der Waals surface area (Å²) in [6.07, 6.45) is -1.68. The molecule has 1 atom stereocenters. The number of rotatable bonds is 4. The lowest BCUT2D eigenvalue weighted by Crippen LogP contribution is -2.50. The number of nitrogens with one attached hydrogen (secondary N) is 1. The predicted molar refractivity (Wildman–Crippen MR) is 109 cm³/mol. The van der Waals surface area contributed by atoms with Crippen LogP contribution in [0.1, 0.15) is 28.2 Å². The standard InChI is InChI=1S/C21H16BrF4N3O3/c1-29-11-13(22)10-15(29)19(30)28-20(6-8-31-17-3-2-7-27-18(17)20)12-4-5-16(14(23)9-12)32-21(24,25)26/h2-5,7,9-11H,6,8H2,1H3,(H,28,30)/t20-/m0/s1. The van der Waals surface area contributed by atoms with Crippen LogP contribution in [0.4, 0.5) is 17.6 Å². The quantitative estimate of drug-likeness (QED) is 0.514. The molecule has 168 valence electrons. The zero-order valence-corrected chi connectivity index (χ0v) is 18.1. The number of carbonyl (C=O) groups is 1. The number of benzene rings is 1. The molecule has 1 amide bonds. The first-order valence-corrected chi connectivity index (χ1v) is 10.2. The normalized spacial score (nSPS) is 17.9. The first-order chi connectivity index (χ1) is 15.1. The smallest absolute Gasteiger partial charge is 0.491 e. The molecule has 6 nitrogen and oxygen atoms in total. The molecule has 11 heteroatoms. The molecule has 0 fully saturated rings. The molecule has 32 heavy (non-hydrogen) atoms. The fraction of sp³-hybridized carbons (Fsp3) is 0.238. The maximum atomic E-state index is 14.6. The van der Waals surface area contributed by atoms with Crippen LogP contribution in [0, 0.1) is 5.82 Å². The summed E-state index contributed by atoms with van der Waals surface area (Å²) in [4.78, 5) is 17.5. The summed E-state index contributed by atoms with van der Waals surface area (Å²) in [5, 5.41) is 2.92. The van der Waals surface area contributed by atoms with Crippen molar-refractivity contribution in [2.75, 3.05) is 6.61 Å². The number of aromatic nitrogens is 2. The zero-order valence-electron chi connectivity index (χ0n) is 16.5. The molecule has 0 aliphatic carbocycles. The van der Waals surface area contributed by atoms with E-state index in [-0.39, 0.29) is 18.6 Å². The molecule has 3 aromatic rings. The summed E-state index contributed by atoms with van der Waals surface area (Å²) in [7, 11) is 1.69. The molecule has 0 bridgehead atoms. The van der Waals surface area contributed by atoms with Gasteiger partial charge in [0.1, 0.15) is 22.7 Å². The Hall–Kier alpha value is -3.08. The number of pyridine rings is 1.